The van der Waals surface area contributed by atoms with Crippen LogP contribution < -0.4 is 11.1 Å². The number of carbonyl (C=O) groups is 1. The molecule has 3 nitrogen and oxygen atoms in total. The summed E-state index contributed by atoms with van der Waals surface area (Å²) in [5.74, 6) is 0.00864. The molecule has 1 amide bonds. The van der Waals surface area contributed by atoms with Crippen molar-refractivity contribution in [2.24, 2.45) is 5.73 Å². The van der Waals surface area contributed by atoms with Gasteiger partial charge in [-0.2, -0.15) is 0 Å². The fourth-order valence-corrected chi connectivity index (χ4v) is 2.89. The molecule has 0 spiro atoms. The molecule has 1 aromatic carbocycles. The van der Waals surface area contributed by atoms with Gasteiger partial charge in [0, 0.05) is 17.3 Å². The highest BCUT2D eigenvalue weighted by Crippen LogP contribution is 2.23. The van der Waals surface area contributed by atoms with Gasteiger partial charge in [-0.3, -0.25) is 4.79 Å². The van der Waals surface area contributed by atoms with Gasteiger partial charge in [0.15, 0.2) is 0 Å². The molecule has 0 saturated heterocycles. The summed E-state index contributed by atoms with van der Waals surface area (Å²) in [6.07, 6.45) is 1.16. The highest BCUT2D eigenvalue weighted by Gasteiger charge is 2.16. The second-order valence-corrected chi connectivity index (χ2v) is 5.99. The lowest BCUT2D eigenvalue weighted by Gasteiger charge is -2.18. The van der Waals surface area contributed by atoms with Crippen LogP contribution in [-0.2, 0) is 11.2 Å². The van der Waals surface area contributed by atoms with Crippen molar-refractivity contribution >= 4 is 29.7 Å². The van der Waals surface area contributed by atoms with Crippen LogP contribution >= 0.6 is 23.7 Å². The Morgan fingerprint density at radius 3 is 2.52 bits per heavy atom. The van der Waals surface area contributed by atoms with E-state index in [0.29, 0.717) is 6.42 Å². The van der Waals surface area contributed by atoms with Crippen molar-refractivity contribution in [3.8, 4) is 0 Å². The van der Waals surface area contributed by atoms with Gasteiger partial charge in [0.1, 0.15) is 0 Å². The number of hydrogen-bond donors (Lipinski definition) is 2. The number of halogens is 1. The van der Waals surface area contributed by atoms with E-state index in [9.17, 15) is 4.79 Å². The molecule has 1 heterocycles. The summed E-state index contributed by atoms with van der Waals surface area (Å²) < 4.78 is 0. The predicted molar refractivity (Wildman–Crippen MR) is 90.9 cm³/mol. The Labute approximate surface area is 136 Å². The van der Waals surface area contributed by atoms with Gasteiger partial charge in [-0.1, -0.05) is 36.4 Å². The van der Waals surface area contributed by atoms with Crippen LogP contribution in [0.15, 0.2) is 47.8 Å². The van der Waals surface area contributed by atoms with Crippen molar-refractivity contribution in [1.82, 2.24) is 5.32 Å². The number of hydrogen-bond acceptors (Lipinski definition) is 3. The molecule has 0 aliphatic rings. The molecule has 0 saturated carbocycles. The smallest absolute Gasteiger partial charge is 0.222 e. The normalized spacial score (nSPS) is 13.0. The second kappa shape index (κ2) is 8.82. The molecule has 0 bridgehead atoms. The largest absolute Gasteiger partial charge is 0.348 e. The number of nitrogens with two attached hydrogens (primary N) is 1. The van der Waals surface area contributed by atoms with Crippen molar-refractivity contribution in [3.63, 3.8) is 0 Å². The summed E-state index contributed by atoms with van der Waals surface area (Å²) in [6.45, 7) is 1.84. The van der Waals surface area contributed by atoms with E-state index in [4.69, 9.17) is 5.73 Å². The molecule has 2 atom stereocenters. The molecule has 5 heteroatoms. The first kappa shape index (κ1) is 17.7. The quantitative estimate of drug-likeness (QED) is 0.856. The Hall–Kier alpha value is -1.36. The van der Waals surface area contributed by atoms with Crippen LogP contribution in [0.25, 0.3) is 0 Å². The van der Waals surface area contributed by atoms with Crippen LogP contribution in [-0.4, -0.2) is 11.9 Å². The molecule has 2 aromatic rings. The van der Waals surface area contributed by atoms with Crippen molar-refractivity contribution in [2.75, 3.05) is 0 Å². The van der Waals surface area contributed by atoms with Gasteiger partial charge in [0.05, 0.1) is 6.04 Å². The first-order chi connectivity index (χ1) is 9.65. The average Bonchev–Trinajstić information content (AvgIpc) is 2.92. The van der Waals surface area contributed by atoms with Crippen LogP contribution in [0.1, 0.15) is 29.8 Å². The Morgan fingerprint density at radius 2 is 1.95 bits per heavy atom. The summed E-state index contributed by atoms with van der Waals surface area (Å²) in [5, 5.41) is 5.12. The predicted octanol–water partition coefficient (Wildman–Crippen LogP) is 3.31. The maximum Gasteiger partial charge on any atom is 0.222 e. The number of rotatable bonds is 6. The summed E-state index contributed by atoms with van der Waals surface area (Å²) in [5.41, 5.74) is 6.90. The SMILES string of the molecule is CC(N)CC(=O)NC(Cc1ccccc1)c1cccs1.Cl. The van der Waals surface area contributed by atoms with E-state index in [1.807, 2.05) is 36.6 Å². The molecule has 0 aliphatic carbocycles. The zero-order valence-corrected chi connectivity index (χ0v) is 13.6. The monoisotopic (exact) mass is 324 g/mol. The van der Waals surface area contributed by atoms with Gasteiger partial charge < -0.3 is 11.1 Å². The summed E-state index contributed by atoms with van der Waals surface area (Å²) in [4.78, 5) is 13.1. The molecule has 0 radical (unpaired) electrons. The van der Waals surface area contributed by atoms with Crippen LogP contribution in [0.3, 0.4) is 0 Å². The number of benzene rings is 1. The third-order valence-electron chi connectivity index (χ3n) is 3.01. The number of carbonyl (C=O) groups excluding carboxylic acids is 1. The molecule has 2 unspecified atom stereocenters. The first-order valence-electron chi connectivity index (χ1n) is 6.77. The standard InChI is InChI=1S/C16H20N2OS.ClH/c1-12(17)10-16(19)18-14(15-8-5-9-20-15)11-13-6-3-2-4-7-13;/h2-9,12,14H,10-11,17H2,1H3,(H,18,19);1H. The summed E-state index contributed by atoms with van der Waals surface area (Å²) in [7, 11) is 0. The highest BCUT2D eigenvalue weighted by atomic mass is 35.5. The highest BCUT2D eigenvalue weighted by molar-refractivity contribution is 7.10. The fourth-order valence-electron chi connectivity index (χ4n) is 2.11. The second-order valence-electron chi connectivity index (χ2n) is 5.01. The van der Waals surface area contributed by atoms with Gasteiger partial charge in [0.25, 0.3) is 0 Å². The minimum Gasteiger partial charge on any atom is -0.348 e. The maximum atomic E-state index is 12.0. The Morgan fingerprint density at radius 1 is 1.24 bits per heavy atom. The molecule has 1 aromatic heterocycles. The molecule has 3 N–H and O–H groups in total. The van der Waals surface area contributed by atoms with Gasteiger partial charge in [-0.15, -0.1) is 23.7 Å². The molecular formula is C16H21ClN2OS. The van der Waals surface area contributed by atoms with E-state index in [2.05, 4.69) is 23.5 Å². The van der Waals surface area contributed by atoms with Gasteiger partial charge in [0.2, 0.25) is 5.91 Å². The average molecular weight is 325 g/mol. The number of amides is 1. The minimum absolute atomic E-state index is 0. The van der Waals surface area contributed by atoms with E-state index in [1.54, 1.807) is 11.3 Å². The van der Waals surface area contributed by atoms with Gasteiger partial charge in [-0.05, 0) is 30.4 Å². The maximum absolute atomic E-state index is 12.0. The lowest BCUT2D eigenvalue weighted by Crippen LogP contribution is -2.33. The van der Waals surface area contributed by atoms with E-state index in [1.165, 1.54) is 10.4 Å². The van der Waals surface area contributed by atoms with Crippen LogP contribution in [0.5, 0.6) is 0 Å². The van der Waals surface area contributed by atoms with E-state index >= 15 is 0 Å². The third kappa shape index (κ3) is 5.87. The number of thiophene rings is 1. The van der Waals surface area contributed by atoms with Crippen LogP contribution in [0.2, 0.25) is 0 Å². The zero-order valence-electron chi connectivity index (χ0n) is 12.0. The fraction of sp³-hybridized carbons (Fsp3) is 0.312. The first-order valence-corrected chi connectivity index (χ1v) is 7.65. The van der Waals surface area contributed by atoms with E-state index < -0.39 is 0 Å². The molecule has 2 rings (SSSR count). The summed E-state index contributed by atoms with van der Waals surface area (Å²) >= 11 is 1.67. The van der Waals surface area contributed by atoms with Gasteiger partial charge >= 0.3 is 0 Å². The van der Waals surface area contributed by atoms with Crippen LogP contribution in [0, 0.1) is 0 Å². The Kier molecular flexibility index (Phi) is 7.43. The zero-order chi connectivity index (χ0) is 14.4. The summed E-state index contributed by atoms with van der Waals surface area (Å²) in [6, 6.07) is 14.2. The van der Waals surface area contributed by atoms with Crippen LogP contribution in [0.4, 0.5) is 0 Å². The molecule has 21 heavy (non-hydrogen) atoms. The van der Waals surface area contributed by atoms with Crippen molar-refractivity contribution in [1.29, 1.82) is 0 Å². The third-order valence-corrected chi connectivity index (χ3v) is 4.00. The topological polar surface area (TPSA) is 55.1 Å². The Bertz CT molecular complexity index is 528. The molecule has 0 fully saturated rings. The van der Waals surface area contributed by atoms with Gasteiger partial charge in [-0.25, -0.2) is 0 Å². The minimum atomic E-state index is -0.115. The van der Waals surface area contributed by atoms with Crippen molar-refractivity contribution in [2.45, 2.75) is 31.8 Å². The molecular weight excluding hydrogens is 304 g/mol. The number of nitrogens with one attached hydrogen (secondary N) is 1. The molecule has 0 aliphatic heterocycles. The van der Waals surface area contributed by atoms with E-state index in [0.717, 1.165) is 6.42 Å². The van der Waals surface area contributed by atoms with E-state index in [-0.39, 0.29) is 30.4 Å². The lowest BCUT2D eigenvalue weighted by molar-refractivity contribution is -0.122. The Balaban J connectivity index is 0.00000220. The van der Waals surface area contributed by atoms with Crippen molar-refractivity contribution in [3.05, 3.63) is 58.3 Å². The molecule has 114 valence electrons. The lowest BCUT2D eigenvalue weighted by atomic mass is 10.0. The van der Waals surface area contributed by atoms with Crippen molar-refractivity contribution < 1.29 is 4.79 Å².